The predicted octanol–water partition coefficient (Wildman–Crippen LogP) is -0.595. The van der Waals surface area contributed by atoms with Crippen molar-refractivity contribution >= 4 is 17.9 Å². The second-order valence-electron chi connectivity index (χ2n) is 3.32. The molecule has 7 nitrogen and oxygen atoms in total. The molecule has 0 saturated carbocycles. The first-order chi connectivity index (χ1) is 7.82. The summed E-state index contributed by atoms with van der Waals surface area (Å²) in [6, 6.07) is 0. The van der Waals surface area contributed by atoms with Gasteiger partial charge in [0.25, 0.3) is 0 Å². The lowest BCUT2D eigenvalue weighted by molar-refractivity contribution is -0.168. The Labute approximate surface area is 98.6 Å². The summed E-state index contributed by atoms with van der Waals surface area (Å²) in [4.78, 5) is 31.9. The van der Waals surface area contributed by atoms with Crippen molar-refractivity contribution in [3.63, 3.8) is 0 Å². The third-order valence-corrected chi connectivity index (χ3v) is 1.65. The van der Waals surface area contributed by atoms with Crippen LogP contribution in [0.5, 0.6) is 0 Å². The van der Waals surface area contributed by atoms with E-state index >= 15 is 0 Å². The molecule has 0 aromatic carbocycles. The van der Waals surface area contributed by atoms with Crippen molar-refractivity contribution in [3.8, 4) is 0 Å². The van der Waals surface area contributed by atoms with Gasteiger partial charge in [-0.05, 0) is 0 Å². The molecule has 0 aliphatic carbocycles. The standard InChI is InChI=1S/C10H16O7/c1-6(11)15-4-9(14)10(17-8(3)13)5-16-7(2)12/h9-10,14H,4-5H2,1-3H3/t9-,10+/m1/s1. The smallest absolute Gasteiger partial charge is 0.303 e. The lowest BCUT2D eigenvalue weighted by Crippen LogP contribution is -2.38. The number of carbonyl (C=O) groups is 3. The van der Waals surface area contributed by atoms with Crippen LogP contribution in [0.3, 0.4) is 0 Å². The Morgan fingerprint density at radius 3 is 1.82 bits per heavy atom. The molecule has 0 rings (SSSR count). The third kappa shape index (κ3) is 8.21. The van der Waals surface area contributed by atoms with Crippen LogP contribution in [-0.4, -0.2) is 48.4 Å². The minimum absolute atomic E-state index is 0.294. The third-order valence-electron chi connectivity index (χ3n) is 1.65. The zero-order valence-electron chi connectivity index (χ0n) is 9.97. The van der Waals surface area contributed by atoms with E-state index in [-0.39, 0.29) is 13.2 Å². The van der Waals surface area contributed by atoms with Crippen molar-refractivity contribution in [2.75, 3.05) is 13.2 Å². The van der Waals surface area contributed by atoms with Gasteiger partial charge in [0.1, 0.15) is 19.3 Å². The number of ether oxygens (including phenoxy) is 3. The van der Waals surface area contributed by atoms with E-state index in [0.29, 0.717) is 0 Å². The number of aliphatic hydroxyl groups is 1. The van der Waals surface area contributed by atoms with Gasteiger partial charge in [0, 0.05) is 20.8 Å². The zero-order chi connectivity index (χ0) is 13.4. The van der Waals surface area contributed by atoms with E-state index in [2.05, 4.69) is 9.47 Å². The van der Waals surface area contributed by atoms with E-state index in [1.807, 2.05) is 0 Å². The lowest BCUT2D eigenvalue weighted by Gasteiger charge is -2.21. The van der Waals surface area contributed by atoms with E-state index in [1.54, 1.807) is 0 Å². The molecule has 0 spiro atoms. The largest absolute Gasteiger partial charge is 0.463 e. The fraction of sp³-hybridized carbons (Fsp3) is 0.700. The van der Waals surface area contributed by atoms with Gasteiger partial charge in [-0.15, -0.1) is 0 Å². The van der Waals surface area contributed by atoms with Crippen LogP contribution in [0, 0.1) is 0 Å². The maximum Gasteiger partial charge on any atom is 0.303 e. The van der Waals surface area contributed by atoms with Gasteiger partial charge in [0.15, 0.2) is 6.10 Å². The number of esters is 3. The zero-order valence-corrected chi connectivity index (χ0v) is 9.97. The van der Waals surface area contributed by atoms with Crippen LogP contribution < -0.4 is 0 Å². The molecule has 98 valence electrons. The molecule has 0 amide bonds. The second-order valence-corrected chi connectivity index (χ2v) is 3.32. The van der Waals surface area contributed by atoms with Crippen LogP contribution in [0.25, 0.3) is 0 Å². The molecular weight excluding hydrogens is 232 g/mol. The van der Waals surface area contributed by atoms with Crippen LogP contribution in [-0.2, 0) is 28.6 Å². The van der Waals surface area contributed by atoms with Crippen molar-refractivity contribution < 1.29 is 33.7 Å². The van der Waals surface area contributed by atoms with Gasteiger partial charge in [0.2, 0.25) is 0 Å². The first-order valence-corrected chi connectivity index (χ1v) is 4.95. The molecule has 7 heteroatoms. The fourth-order valence-electron chi connectivity index (χ4n) is 0.946. The molecule has 1 N–H and O–H groups in total. The van der Waals surface area contributed by atoms with Crippen molar-refractivity contribution in [1.82, 2.24) is 0 Å². The maximum absolute atomic E-state index is 10.8. The normalized spacial score (nSPS) is 13.4. The Morgan fingerprint density at radius 2 is 1.41 bits per heavy atom. The molecule has 0 bridgehead atoms. The molecule has 0 fully saturated rings. The monoisotopic (exact) mass is 248 g/mol. The number of hydrogen-bond acceptors (Lipinski definition) is 7. The number of aliphatic hydroxyl groups excluding tert-OH is 1. The van der Waals surface area contributed by atoms with Gasteiger partial charge < -0.3 is 19.3 Å². The average Bonchev–Trinajstić information content (AvgIpc) is 2.19. The maximum atomic E-state index is 10.8. The first kappa shape index (κ1) is 15.4. The summed E-state index contributed by atoms with van der Waals surface area (Å²) in [5.74, 6) is -1.77. The van der Waals surface area contributed by atoms with Gasteiger partial charge in [-0.2, -0.15) is 0 Å². The Morgan fingerprint density at radius 1 is 0.941 bits per heavy atom. The lowest BCUT2D eigenvalue weighted by atomic mass is 10.2. The molecule has 2 atom stereocenters. The molecule has 0 aliphatic heterocycles. The van der Waals surface area contributed by atoms with Crippen molar-refractivity contribution in [1.29, 1.82) is 0 Å². The summed E-state index contributed by atoms with van der Waals surface area (Å²) >= 11 is 0. The molecule has 0 unspecified atom stereocenters. The van der Waals surface area contributed by atoms with Crippen LogP contribution in [0.2, 0.25) is 0 Å². The fourth-order valence-corrected chi connectivity index (χ4v) is 0.946. The molecule has 0 heterocycles. The van der Waals surface area contributed by atoms with Crippen molar-refractivity contribution in [2.45, 2.75) is 33.0 Å². The van der Waals surface area contributed by atoms with Crippen molar-refractivity contribution in [3.05, 3.63) is 0 Å². The summed E-state index contributed by atoms with van der Waals surface area (Å²) in [6.07, 6.45) is -2.31. The van der Waals surface area contributed by atoms with Crippen LogP contribution >= 0.6 is 0 Å². The molecule has 17 heavy (non-hydrogen) atoms. The first-order valence-electron chi connectivity index (χ1n) is 4.95. The van der Waals surface area contributed by atoms with E-state index in [0.717, 1.165) is 6.92 Å². The SMILES string of the molecule is CC(=O)OC[C@@H](O)[C@H](COC(C)=O)OC(C)=O. The second kappa shape index (κ2) is 7.61. The van der Waals surface area contributed by atoms with E-state index in [1.165, 1.54) is 13.8 Å². The number of carbonyl (C=O) groups excluding carboxylic acids is 3. The highest BCUT2D eigenvalue weighted by Crippen LogP contribution is 2.03. The summed E-state index contributed by atoms with van der Waals surface area (Å²) in [7, 11) is 0. The van der Waals surface area contributed by atoms with Crippen molar-refractivity contribution in [2.24, 2.45) is 0 Å². The summed E-state index contributed by atoms with van der Waals surface area (Å²) in [6.45, 7) is 2.88. The number of rotatable bonds is 6. The Hall–Kier alpha value is -1.63. The van der Waals surface area contributed by atoms with Gasteiger partial charge in [-0.25, -0.2) is 0 Å². The highest BCUT2D eigenvalue weighted by molar-refractivity contribution is 5.67. The van der Waals surface area contributed by atoms with Crippen LogP contribution in [0.4, 0.5) is 0 Å². The Balaban J connectivity index is 4.27. The highest BCUT2D eigenvalue weighted by atomic mass is 16.6. The predicted molar refractivity (Wildman–Crippen MR) is 54.8 cm³/mol. The van der Waals surface area contributed by atoms with Gasteiger partial charge in [-0.3, -0.25) is 14.4 Å². The van der Waals surface area contributed by atoms with Gasteiger partial charge in [-0.1, -0.05) is 0 Å². The Kier molecular flexibility index (Phi) is 6.88. The minimum Gasteiger partial charge on any atom is -0.463 e. The van der Waals surface area contributed by atoms with Crippen LogP contribution in [0.1, 0.15) is 20.8 Å². The van der Waals surface area contributed by atoms with E-state index in [4.69, 9.17) is 4.74 Å². The molecule has 0 aromatic rings. The molecule has 0 radical (unpaired) electrons. The topological polar surface area (TPSA) is 99.1 Å². The van der Waals surface area contributed by atoms with Gasteiger partial charge in [0.05, 0.1) is 0 Å². The summed E-state index contributed by atoms with van der Waals surface area (Å²) in [5.41, 5.74) is 0. The summed E-state index contributed by atoms with van der Waals surface area (Å²) < 4.78 is 13.9. The molecule has 0 aliphatic rings. The minimum atomic E-state index is -1.25. The van der Waals surface area contributed by atoms with Crippen LogP contribution in [0.15, 0.2) is 0 Å². The van der Waals surface area contributed by atoms with E-state index in [9.17, 15) is 19.5 Å². The molecular formula is C10H16O7. The quantitative estimate of drug-likeness (QED) is 0.495. The number of hydrogen-bond donors (Lipinski definition) is 1. The average molecular weight is 248 g/mol. The van der Waals surface area contributed by atoms with E-state index < -0.39 is 30.1 Å². The summed E-state index contributed by atoms with van der Waals surface area (Å²) in [5, 5.41) is 9.57. The Bertz CT molecular complexity index is 286. The molecule has 0 aromatic heterocycles. The molecule has 0 saturated heterocycles. The highest BCUT2D eigenvalue weighted by Gasteiger charge is 2.24. The van der Waals surface area contributed by atoms with Gasteiger partial charge >= 0.3 is 17.9 Å².